The van der Waals surface area contributed by atoms with Crippen molar-refractivity contribution in [3.05, 3.63) is 122 Å². The SMILES string of the molecule is CC/C=C\C/C=C\C/C=C\C/C=C\C/C=C\C/C=C\C/C=C\C/C=C\CCCCCCCCCCCCCCC(=O)NC(COC1OC(CO)C(OC2OC(CO)C(O)C(O)C2O)C(O)C1O)C(O)/C=C/CC/C=C/CCCCCCCCCCCCCCCCC. The maximum atomic E-state index is 13.3. The Kier molecular flexibility index (Phi) is 56.0. The molecule has 2 aliphatic heterocycles. The molecule has 2 heterocycles. The topological polar surface area (TPSA) is 228 Å². The molecule has 14 nitrogen and oxygen atoms in total. The number of unbranched alkanes of at least 4 members (excludes halogenated alkanes) is 28. The Morgan fingerprint density at radius 2 is 0.761 bits per heavy atom. The molecule has 0 spiro atoms. The molecule has 92 heavy (non-hydrogen) atoms. The molecule has 2 rings (SSSR count). The molecular formula is C78H133NO13. The lowest BCUT2D eigenvalue weighted by Crippen LogP contribution is -2.65. The fraction of sp³-hybridized carbons (Fsp3) is 0.731. The number of hydrogen-bond donors (Lipinski definition) is 9. The zero-order valence-electron chi connectivity index (χ0n) is 57.5. The highest BCUT2D eigenvalue weighted by Crippen LogP contribution is 2.30. The van der Waals surface area contributed by atoms with Crippen molar-refractivity contribution in [1.82, 2.24) is 5.32 Å². The van der Waals surface area contributed by atoms with Gasteiger partial charge in [0.05, 0.1) is 32.0 Å². The lowest BCUT2D eigenvalue weighted by Gasteiger charge is -2.46. The lowest BCUT2D eigenvalue weighted by molar-refractivity contribution is -0.359. The van der Waals surface area contributed by atoms with Crippen LogP contribution in [0.15, 0.2) is 122 Å². The number of hydrogen-bond acceptors (Lipinski definition) is 13. The van der Waals surface area contributed by atoms with Gasteiger partial charge < -0.3 is 65.1 Å². The quantitative estimate of drug-likeness (QED) is 0.0204. The first-order valence-electron chi connectivity index (χ1n) is 36.8. The molecule has 1 amide bonds. The fourth-order valence-corrected chi connectivity index (χ4v) is 11.3. The molecule has 0 aliphatic carbocycles. The number of amides is 1. The van der Waals surface area contributed by atoms with E-state index in [9.17, 15) is 45.6 Å². The highest BCUT2D eigenvalue weighted by molar-refractivity contribution is 5.76. The maximum absolute atomic E-state index is 13.3. The van der Waals surface area contributed by atoms with Gasteiger partial charge in [-0.05, 0) is 96.3 Å². The van der Waals surface area contributed by atoms with Crippen LogP contribution >= 0.6 is 0 Å². The van der Waals surface area contributed by atoms with E-state index < -0.39 is 86.8 Å². The molecule has 9 N–H and O–H groups in total. The Morgan fingerprint density at radius 1 is 0.402 bits per heavy atom. The van der Waals surface area contributed by atoms with Gasteiger partial charge in [0.25, 0.3) is 0 Å². The van der Waals surface area contributed by atoms with E-state index in [1.807, 2.05) is 6.08 Å². The van der Waals surface area contributed by atoms with Crippen molar-refractivity contribution in [1.29, 1.82) is 0 Å². The van der Waals surface area contributed by atoms with Gasteiger partial charge in [-0.25, -0.2) is 0 Å². The van der Waals surface area contributed by atoms with Crippen molar-refractivity contribution in [2.75, 3.05) is 19.8 Å². The summed E-state index contributed by atoms with van der Waals surface area (Å²) in [5, 5.41) is 87.5. The van der Waals surface area contributed by atoms with Crippen LogP contribution in [0.3, 0.4) is 0 Å². The van der Waals surface area contributed by atoms with Crippen molar-refractivity contribution >= 4 is 5.91 Å². The Hall–Kier alpha value is -3.61. The van der Waals surface area contributed by atoms with Crippen molar-refractivity contribution < 1.29 is 64.6 Å². The van der Waals surface area contributed by atoms with Gasteiger partial charge in [0.15, 0.2) is 12.6 Å². The Bertz CT molecular complexity index is 2010. The summed E-state index contributed by atoms with van der Waals surface area (Å²) in [6, 6.07) is -0.941. The lowest BCUT2D eigenvalue weighted by atomic mass is 9.97. The summed E-state index contributed by atoms with van der Waals surface area (Å²) in [6.45, 7) is 2.68. The highest BCUT2D eigenvalue weighted by atomic mass is 16.7. The summed E-state index contributed by atoms with van der Waals surface area (Å²) in [4.78, 5) is 13.3. The van der Waals surface area contributed by atoms with E-state index in [-0.39, 0.29) is 18.9 Å². The molecular weight excluding hydrogens is 1160 g/mol. The van der Waals surface area contributed by atoms with Gasteiger partial charge in [-0.3, -0.25) is 4.79 Å². The standard InChI is InChI=1S/C78H133NO13/c1-3-5-7-9-11-13-15-17-19-21-23-25-26-27-28-29-30-31-32-33-34-35-36-37-38-39-40-42-44-46-48-50-52-54-56-58-60-62-70(83)79-66(67(82)61-59-57-55-53-51-49-47-45-43-41-24-22-20-18-16-14-12-10-8-6-4-2)65-89-77-75(88)73(86)76(69(64-81)91-77)92-78-74(87)72(85)71(84)68(63-80)90-78/h5,7,11,13,17,19,23,25,27-28,30-31,33-34,36-37,51,53,59,61,66-69,71-78,80-82,84-88H,3-4,6,8-10,12,14-16,18,20-22,24,26,29,32,35,38-50,52,54-58,60,62-65H2,1-2H3,(H,79,83)/b7-5-,13-11-,19-17-,25-23-,28-27-,31-30-,34-33-,37-36-,53-51+,61-59+. The average molecular weight is 1290 g/mol. The molecule has 0 saturated carbocycles. The third kappa shape index (κ3) is 44.2. The Balaban J connectivity index is 1.65. The second-order valence-electron chi connectivity index (χ2n) is 25.3. The van der Waals surface area contributed by atoms with E-state index in [0.29, 0.717) is 12.8 Å². The molecule has 0 bridgehead atoms. The monoisotopic (exact) mass is 1290 g/mol. The number of allylic oxidation sites excluding steroid dienone is 19. The van der Waals surface area contributed by atoms with E-state index in [2.05, 4.69) is 129 Å². The van der Waals surface area contributed by atoms with Crippen LogP contribution in [0.25, 0.3) is 0 Å². The summed E-state index contributed by atoms with van der Waals surface area (Å²) in [5.41, 5.74) is 0. The first-order chi connectivity index (χ1) is 45.1. The third-order valence-corrected chi connectivity index (χ3v) is 17.1. The van der Waals surface area contributed by atoms with Crippen molar-refractivity contribution in [3.8, 4) is 0 Å². The number of carbonyl (C=O) groups is 1. The van der Waals surface area contributed by atoms with Crippen LogP contribution in [-0.4, -0.2) is 140 Å². The molecule has 12 unspecified atom stereocenters. The number of rotatable bonds is 59. The summed E-state index contributed by atoms with van der Waals surface area (Å²) < 4.78 is 22.8. The normalized spacial score (nSPS) is 23.4. The number of aliphatic hydroxyl groups excluding tert-OH is 8. The molecule has 2 aliphatic rings. The molecule has 0 aromatic rings. The van der Waals surface area contributed by atoms with Crippen LogP contribution in [-0.2, 0) is 23.7 Å². The molecule has 2 saturated heterocycles. The van der Waals surface area contributed by atoms with Crippen molar-refractivity contribution in [2.24, 2.45) is 0 Å². The molecule has 12 atom stereocenters. The maximum Gasteiger partial charge on any atom is 0.220 e. The van der Waals surface area contributed by atoms with E-state index in [1.165, 1.54) is 148 Å². The number of ether oxygens (including phenoxy) is 4. The number of aliphatic hydroxyl groups is 8. The van der Waals surface area contributed by atoms with E-state index >= 15 is 0 Å². The molecule has 0 aromatic carbocycles. The van der Waals surface area contributed by atoms with Gasteiger partial charge in [0, 0.05) is 6.42 Å². The van der Waals surface area contributed by atoms with Gasteiger partial charge in [0.1, 0.15) is 48.8 Å². The van der Waals surface area contributed by atoms with Crippen molar-refractivity contribution in [3.63, 3.8) is 0 Å². The molecule has 0 aromatic heterocycles. The van der Waals surface area contributed by atoms with E-state index in [0.717, 1.165) is 89.9 Å². The molecule has 14 heteroatoms. The minimum absolute atomic E-state index is 0.254. The average Bonchev–Trinajstić information content (AvgIpc) is 0.915. The Morgan fingerprint density at radius 3 is 1.20 bits per heavy atom. The molecule has 528 valence electrons. The van der Waals surface area contributed by atoms with Gasteiger partial charge in [-0.15, -0.1) is 0 Å². The second-order valence-corrected chi connectivity index (χ2v) is 25.3. The minimum Gasteiger partial charge on any atom is -0.394 e. The van der Waals surface area contributed by atoms with Crippen molar-refractivity contribution in [2.45, 2.75) is 344 Å². The first kappa shape index (κ1) is 84.5. The predicted octanol–water partition coefficient (Wildman–Crippen LogP) is 15.7. The highest BCUT2D eigenvalue weighted by Gasteiger charge is 2.51. The summed E-state index contributed by atoms with van der Waals surface area (Å²) >= 11 is 0. The second kappa shape index (κ2) is 61.0. The summed E-state index contributed by atoms with van der Waals surface area (Å²) in [6.07, 6.45) is 72.5. The zero-order chi connectivity index (χ0) is 66.6. The van der Waals surface area contributed by atoms with Crippen LogP contribution in [0.4, 0.5) is 0 Å². The van der Waals surface area contributed by atoms with Gasteiger partial charge in [0.2, 0.25) is 5.91 Å². The van der Waals surface area contributed by atoms with Crippen LogP contribution < -0.4 is 5.32 Å². The van der Waals surface area contributed by atoms with Crippen LogP contribution in [0.1, 0.15) is 271 Å². The van der Waals surface area contributed by atoms with Crippen LogP contribution in [0, 0.1) is 0 Å². The van der Waals surface area contributed by atoms with Gasteiger partial charge in [-0.2, -0.15) is 0 Å². The smallest absolute Gasteiger partial charge is 0.220 e. The minimum atomic E-state index is -1.80. The van der Waals surface area contributed by atoms with Gasteiger partial charge >= 0.3 is 0 Å². The van der Waals surface area contributed by atoms with E-state index in [4.69, 9.17) is 18.9 Å². The number of carbonyl (C=O) groups excluding carboxylic acids is 1. The predicted molar refractivity (Wildman–Crippen MR) is 378 cm³/mol. The van der Waals surface area contributed by atoms with Crippen LogP contribution in [0.2, 0.25) is 0 Å². The van der Waals surface area contributed by atoms with E-state index in [1.54, 1.807) is 6.08 Å². The summed E-state index contributed by atoms with van der Waals surface area (Å²) in [7, 11) is 0. The first-order valence-corrected chi connectivity index (χ1v) is 36.8. The fourth-order valence-electron chi connectivity index (χ4n) is 11.3. The molecule has 0 radical (unpaired) electrons. The Labute approximate surface area is 558 Å². The largest absolute Gasteiger partial charge is 0.394 e. The zero-order valence-corrected chi connectivity index (χ0v) is 57.5. The summed E-state index contributed by atoms with van der Waals surface area (Å²) in [5.74, 6) is -0.254. The van der Waals surface area contributed by atoms with Crippen LogP contribution in [0.5, 0.6) is 0 Å². The number of nitrogens with one attached hydrogen (secondary N) is 1. The van der Waals surface area contributed by atoms with Gasteiger partial charge in [-0.1, -0.05) is 289 Å². The third-order valence-electron chi connectivity index (χ3n) is 17.1. The molecule has 2 fully saturated rings.